The van der Waals surface area contributed by atoms with Gasteiger partial charge in [-0.25, -0.2) is 4.79 Å². The molecule has 0 aromatic heterocycles. The summed E-state index contributed by atoms with van der Waals surface area (Å²) in [5, 5.41) is 11.6. The Labute approximate surface area is 228 Å². The molecule has 1 aliphatic rings. The molecule has 7 heteroatoms. The molecule has 3 aromatic rings. The van der Waals surface area contributed by atoms with E-state index in [0.29, 0.717) is 22.4 Å². The van der Waals surface area contributed by atoms with Crippen molar-refractivity contribution in [2.75, 3.05) is 13.7 Å². The first-order valence-electron chi connectivity index (χ1n) is 12.8. The van der Waals surface area contributed by atoms with E-state index < -0.39 is 23.7 Å². The van der Waals surface area contributed by atoms with Gasteiger partial charge in [0.05, 0.1) is 36.5 Å². The number of benzene rings is 3. The number of hydrogen-bond donors (Lipinski definition) is 1. The Hall–Kier alpha value is -4.39. The van der Waals surface area contributed by atoms with Gasteiger partial charge in [-0.2, -0.15) is 0 Å². The van der Waals surface area contributed by atoms with Crippen molar-refractivity contribution in [1.29, 1.82) is 0 Å². The maximum Gasteiger partial charge on any atom is 0.338 e. The lowest BCUT2D eigenvalue weighted by molar-refractivity contribution is -0.140. The molecule has 1 unspecified atom stereocenters. The monoisotopic (exact) mass is 527 g/mol. The predicted molar refractivity (Wildman–Crippen MR) is 148 cm³/mol. The minimum atomic E-state index is -0.820. The molecule has 0 bridgehead atoms. The molecular formula is C32H33NO6. The van der Waals surface area contributed by atoms with E-state index in [1.54, 1.807) is 43.3 Å². The van der Waals surface area contributed by atoms with Crippen LogP contribution in [-0.4, -0.2) is 41.4 Å². The standard InChI is InChI=1S/C32H33NO6/c1-6-39-31(37)22-14-12-20(13-15-22)19-33-27(21-10-8-7-9-11-21)26(29(35)30(33)36)28(34)24-18-23(32(2,3)4)16-17-25(24)38-5/h7-18,27,34H,6,19H2,1-5H3/b28-26+. The van der Waals surface area contributed by atoms with Gasteiger partial charge in [0.25, 0.3) is 11.7 Å². The number of aliphatic hydroxyl groups excluding tert-OH is 1. The molecule has 0 saturated carbocycles. The summed E-state index contributed by atoms with van der Waals surface area (Å²) in [5.41, 5.74) is 2.87. The number of likely N-dealkylation sites (tertiary alicyclic amines) is 1. The van der Waals surface area contributed by atoms with Crippen LogP contribution in [0.2, 0.25) is 0 Å². The zero-order chi connectivity index (χ0) is 28.3. The number of carbonyl (C=O) groups is 3. The molecule has 39 heavy (non-hydrogen) atoms. The van der Waals surface area contributed by atoms with Crippen LogP contribution in [0.5, 0.6) is 5.75 Å². The summed E-state index contributed by atoms with van der Waals surface area (Å²) in [6, 6.07) is 20.5. The topological polar surface area (TPSA) is 93.1 Å². The number of methoxy groups -OCH3 is 1. The smallest absolute Gasteiger partial charge is 0.338 e. The minimum absolute atomic E-state index is 0.00120. The van der Waals surface area contributed by atoms with Gasteiger partial charge in [-0.15, -0.1) is 0 Å². The highest BCUT2D eigenvalue weighted by atomic mass is 16.5. The molecule has 0 radical (unpaired) electrons. The lowest BCUT2D eigenvalue weighted by atomic mass is 9.85. The van der Waals surface area contributed by atoms with E-state index in [0.717, 1.165) is 11.1 Å². The minimum Gasteiger partial charge on any atom is -0.507 e. The second kappa shape index (κ2) is 11.2. The quantitative estimate of drug-likeness (QED) is 0.181. The molecule has 3 aromatic carbocycles. The summed E-state index contributed by atoms with van der Waals surface area (Å²) in [5.74, 6) is -1.81. The van der Waals surface area contributed by atoms with Gasteiger partial charge < -0.3 is 19.5 Å². The van der Waals surface area contributed by atoms with E-state index in [4.69, 9.17) is 9.47 Å². The summed E-state index contributed by atoms with van der Waals surface area (Å²) >= 11 is 0. The van der Waals surface area contributed by atoms with Crippen LogP contribution >= 0.6 is 0 Å². The third-order valence-electron chi connectivity index (χ3n) is 6.79. The highest BCUT2D eigenvalue weighted by molar-refractivity contribution is 6.46. The van der Waals surface area contributed by atoms with Gasteiger partial charge in [0.15, 0.2) is 0 Å². The summed E-state index contributed by atoms with van der Waals surface area (Å²) in [6.07, 6.45) is 0. The third-order valence-corrected chi connectivity index (χ3v) is 6.79. The Morgan fingerprint density at radius 2 is 1.64 bits per heavy atom. The number of nitrogens with zero attached hydrogens (tertiary/aromatic N) is 1. The molecule has 1 atom stereocenters. The van der Waals surface area contributed by atoms with Crippen molar-refractivity contribution in [1.82, 2.24) is 4.90 Å². The van der Waals surface area contributed by atoms with Gasteiger partial charge in [0.2, 0.25) is 0 Å². The van der Waals surface area contributed by atoms with Gasteiger partial charge in [-0.1, -0.05) is 69.3 Å². The number of rotatable bonds is 7. The fourth-order valence-electron chi connectivity index (χ4n) is 4.69. The van der Waals surface area contributed by atoms with Crippen LogP contribution in [0.4, 0.5) is 0 Å². The maximum atomic E-state index is 13.5. The Morgan fingerprint density at radius 1 is 0.974 bits per heavy atom. The summed E-state index contributed by atoms with van der Waals surface area (Å²) < 4.78 is 10.6. The number of ketones is 1. The average molecular weight is 528 g/mol. The van der Waals surface area contributed by atoms with Crippen LogP contribution in [-0.2, 0) is 26.3 Å². The second-order valence-electron chi connectivity index (χ2n) is 10.4. The third kappa shape index (κ3) is 5.58. The van der Waals surface area contributed by atoms with Gasteiger partial charge in [0.1, 0.15) is 11.5 Å². The Bertz CT molecular complexity index is 1420. The van der Waals surface area contributed by atoms with Crippen molar-refractivity contribution >= 4 is 23.4 Å². The first-order chi connectivity index (χ1) is 18.6. The molecule has 202 valence electrons. The summed E-state index contributed by atoms with van der Waals surface area (Å²) in [6.45, 7) is 8.26. The number of Topliss-reactive ketones (excluding diaryl/α,β-unsaturated/α-hetero) is 1. The summed E-state index contributed by atoms with van der Waals surface area (Å²) in [4.78, 5) is 40.4. The molecule has 7 nitrogen and oxygen atoms in total. The normalized spacial score (nSPS) is 16.8. The zero-order valence-corrected chi connectivity index (χ0v) is 22.9. The molecule has 1 saturated heterocycles. The van der Waals surface area contributed by atoms with E-state index in [2.05, 4.69) is 20.8 Å². The van der Waals surface area contributed by atoms with E-state index in [-0.39, 0.29) is 29.9 Å². The molecular weight excluding hydrogens is 494 g/mol. The Morgan fingerprint density at radius 3 is 2.23 bits per heavy atom. The van der Waals surface area contributed by atoms with Gasteiger partial charge in [-0.05, 0) is 53.3 Å². The molecule has 1 aliphatic heterocycles. The number of amides is 1. The van der Waals surface area contributed by atoms with Crippen LogP contribution in [0.3, 0.4) is 0 Å². The van der Waals surface area contributed by atoms with Crippen LogP contribution in [0, 0.1) is 0 Å². The zero-order valence-electron chi connectivity index (χ0n) is 22.9. The number of carbonyl (C=O) groups excluding carboxylic acids is 3. The highest BCUT2D eigenvalue weighted by Gasteiger charge is 2.46. The van der Waals surface area contributed by atoms with E-state index in [1.165, 1.54) is 12.0 Å². The molecule has 1 amide bonds. The van der Waals surface area contributed by atoms with Crippen molar-refractivity contribution in [2.45, 2.75) is 45.7 Å². The van der Waals surface area contributed by atoms with Crippen molar-refractivity contribution in [2.24, 2.45) is 0 Å². The molecule has 0 spiro atoms. The average Bonchev–Trinajstić information content (AvgIpc) is 3.17. The van der Waals surface area contributed by atoms with Gasteiger partial charge in [0, 0.05) is 6.54 Å². The van der Waals surface area contributed by atoms with Crippen molar-refractivity contribution < 1.29 is 29.0 Å². The fourth-order valence-corrected chi connectivity index (χ4v) is 4.69. The lowest BCUT2D eigenvalue weighted by Gasteiger charge is -2.26. The molecule has 1 fully saturated rings. The fraction of sp³-hybridized carbons (Fsp3) is 0.281. The van der Waals surface area contributed by atoms with Crippen LogP contribution in [0.15, 0.2) is 78.4 Å². The SMILES string of the molecule is CCOC(=O)c1ccc(CN2C(=O)C(=O)/C(=C(/O)c3cc(C(C)(C)C)ccc3OC)C2c2ccccc2)cc1. The van der Waals surface area contributed by atoms with E-state index >= 15 is 0 Å². The molecule has 4 rings (SSSR count). The lowest BCUT2D eigenvalue weighted by Crippen LogP contribution is -2.29. The number of ether oxygens (including phenoxy) is 2. The van der Waals surface area contributed by atoms with E-state index in [9.17, 15) is 19.5 Å². The van der Waals surface area contributed by atoms with E-state index in [1.807, 2.05) is 36.4 Å². The van der Waals surface area contributed by atoms with Gasteiger partial charge in [-0.3, -0.25) is 9.59 Å². The number of hydrogen-bond acceptors (Lipinski definition) is 6. The predicted octanol–water partition coefficient (Wildman–Crippen LogP) is 5.79. The largest absolute Gasteiger partial charge is 0.507 e. The van der Waals surface area contributed by atoms with Crippen LogP contribution in [0.1, 0.15) is 66.3 Å². The molecule has 0 aliphatic carbocycles. The highest BCUT2D eigenvalue weighted by Crippen LogP contribution is 2.42. The molecule has 1 heterocycles. The Balaban J connectivity index is 1.82. The second-order valence-corrected chi connectivity index (χ2v) is 10.4. The van der Waals surface area contributed by atoms with Gasteiger partial charge >= 0.3 is 5.97 Å². The van der Waals surface area contributed by atoms with Crippen LogP contribution in [0.25, 0.3) is 5.76 Å². The first-order valence-corrected chi connectivity index (χ1v) is 12.8. The van der Waals surface area contributed by atoms with Crippen LogP contribution < -0.4 is 4.74 Å². The number of esters is 1. The van der Waals surface area contributed by atoms with Crippen molar-refractivity contribution in [3.05, 3.63) is 106 Å². The van der Waals surface area contributed by atoms with Crippen molar-refractivity contribution in [3.8, 4) is 5.75 Å². The first kappa shape index (κ1) is 27.6. The summed E-state index contributed by atoms with van der Waals surface area (Å²) in [7, 11) is 1.50. The molecule has 1 N–H and O–H groups in total. The van der Waals surface area contributed by atoms with Crippen molar-refractivity contribution in [3.63, 3.8) is 0 Å². The maximum absolute atomic E-state index is 13.5. The number of aliphatic hydroxyl groups is 1. The Kier molecular flexibility index (Phi) is 7.90.